The number of methoxy groups -OCH3 is 1. The van der Waals surface area contributed by atoms with Crippen molar-refractivity contribution in [2.75, 3.05) is 7.11 Å². The van der Waals surface area contributed by atoms with Gasteiger partial charge in [-0.1, -0.05) is 13.3 Å². The van der Waals surface area contributed by atoms with Gasteiger partial charge in [0.2, 0.25) is 0 Å². The topological polar surface area (TPSA) is 76.7 Å². The van der Waals surface area contributed by atoms with Crippen molar-refractivity contribution in [2.24, 2.45) is 0 Å². The molecule has 0 fully saturated rings. The van der Waals surface area contributed by atoms with Crippen molar-refractivity contribution < 1.29 is 14.6 Å². The Kier molecular flexibility index (Phi) is 3.45. The van der Waals surface area contributed by atoms with Gasteiger partial charge in [-0.15, -0.1) is 0 Å². The molecule has 0 aliphatic rings. The fraction of sp³-hybridized carbons (Fsp3) is 0.417. The van der Waals surface area contributed by atoms with Gasteiger partial charge in [0.05, 0.1) is 7.11 Å². The molecule has 0 bridgehead atoms. The molecule has 1 N–H and O–H groups in total. The zero-order chi connectivity index (χ0) is 13.1. The summed E-state index contributed by atoms with van der Waals surface area (Å²) in [6.45, 7) is 2.10. The molecule has 2 heterocycles. The smallest absolute Gasteiger partial charge is 0.343 e. The highest BCUT2D eigenvalue weighted by Crippen LogP contribution is 2.24. The van der Waals surface area contributed by atoms with E-state index in [1.54, 1.807) is 10.6 Å². The van der Waals surface area contributed by atoms with Gasteiger partial charge in [-0.2, -0.15) is 5.10 Å². The van der Waals surface area contributed by atoms with Gasteiger partial charge in [0.15, 0.2) is 5.65 Å². The van der Waals surface area contributed by atoms with Gasteiger partial charge in [0.1, 0.15) is 17.6 Å². The molecule has 0 saturated carbocycles. The number of hydrogen-bond donors (Lipinski definition) is 1. The molecule has 96 valence electrons. The first-order valence-electron chi connectivity index (χ1n) is 5.82. The highest BCUT2D eigenvalue weighted by atomic mass is 16.5. The van der Waals surface area contributed by atoms with Crippen LogP contribution in [0.25, 0.3) is 5.65 Å². The van der Waals surface area contributed by atoms with Crippen molar-refractivity contribution in [2.45, 2.75) is 26.2 Å². The summed E-state index contributed by atoms with van der Waals surface area (Å²) in [7, 11) is 1.46. The van der Waals surface area contributed by atoms with Gasteiger partial charge in [-0.05, 0) is 12.8 Å². The lowest BCUT2D eigenvalue weighted by Crippen LogP contribution is -2.08. The Labute approximate surface area is 104 Å². The summed E-state index contributed by atoms with van der Waals surface area (Å²) < 4.78 is 6.71. The summed E-state index contributed by atoms with van der Waals surface area (Å²) in [5.74, 6) is -0.735. The number of ether oxygens (including phenoxy) is 1. The van der Waals surface area contributed by atoms with E-state index in [0.29, 0.717) is 11.4 Å². The normalized spacial score (nSPS) is 10.8. The number of aromatic carboxylic acids is 1. The Balaban J connectivity index is 2.64. The molecule has 0 aromatic carbocycles. The quantitative estimate of drug-likeness (QED) is 0.874. The average Bonchev–Trinajstić information content (AvgIpc) is 2.83. The predicted octanol–water partition coefficient (Wildman–Crippen LogP) is 1.78. The molecule has 0 amide bonds. The molecular weight excluding hydrogens is 234 g/mol. The summed E-state index contributed by atoms with van der Waals surface area (Å²) in [4.78, 5) is 15.3. The van der Waals surface area contributed by atoms with Crippen LogP contribution in [0, 0.1) is 0 Å². The van der Waals surface area contributed by atoms with Crippen LogP contribution >= 0.6 is 0 Å². The number of carboxylic acids is 1. The second-order valence-electron chi connectivity index (χ2n) is 3.98. The molecule has 0 unspecified atom stereocenters. The molecular formula is C12H15N3O3. The Morgan fingerprint density at radius 1 is 1.56 bits per heavy atom. The lowest BCUT2D eigenvalue weighted by molar-refractivity contribution is 0.0695. The van der Waals surface area contributed by atoms with Crippen LogP contribution in [0.4, 0.5) is 0 Å². The van der Waals surface area contributed by atoms with Crippen molar-refractivity contribution in [3.63, 3.8) is 0 Å². The number of fused-ring (bicyclic) bond motifs is 1. The van der Waals surface area contributed by atoms with Crippen molar-refractivity contribution in [1.82, 2.24) is 14.6 Å². The molecule has 0 spiro atoms. The zero-order valence-electron chi connectivity index (χ0n) is 10.4. The zero-order valence-corrected chi connectivity index (χ0v) is 10.4. The fourth-order valence-corrected chi connectivity index (χ4v) is 1.91. The highest BCUT2D eigenvalue weighted by molar-refractivity contribution is 5.97. The number of aryl methyl sites for hydroxylation is 1. The second-order valence-corrected chi connectivity index (χ2v) is 3.98. The third-order valence-corrected chi connectivity index (χ3v) is 2.81. The summed E-state index contributed by atoms with van der Waals surface area (Å²) in [5.41, 5.74) is 1.29. The molecule has 18 heavy (non-hydrogen) atoms. The molecule has 0 aliphatic heterocycles. The van der Waals surface area contributed by atoms with E-state index in [2.05, 4.69) is 17.0 Å². The van der Waals surface area contributed by atoms with Crippen LogP contribution in [0.15, 0.2) is 12.4 Å². The number of rotatable bonds is 5. The van der Waals surface area contributed by atoms with E-state index in [4.69, 9.17) is 4.74 Å². The molecule has 6 nitrogen and oxygen atoms in total. The van der Waals surface area contributed by atoms with Crippen LogP contribution in [0.5, 0.6) is 5.75 Å². The van der Waals surface area contributed by atoms with Crippen molar-refractivity contribution in [1.29, 1.82) is 0 Å². The first-order chi connectivity index (χ1) is 8.69. The van der Waals surface area contributed by atoms with E-state index in [0.717, 1.165) is 25.0 Å². The molecule has 2 rings (SSSR count). The molecule has 0 saturated heterocycles. The Morgan fingerprint density at radius 3 is 2.94 bits per heavy atom. The molecule has 0 aliphatic carbocycles. The van der Waals surface area contributed by atoms with E-state index < -0.39 is 5.97 Å². The lowest BCUT2D eigenvalue weighted by Gasteiger charge is -2.10. The van der Waals surface area contributed by atoms with Gasteiger partial charge in [0.25, 0.3) is 0 Å². The third kappa shape index (κ3) is 2.01. The molecule has 0 radical (unpaired) electrons. The number of unbranched alkanes of at least 4 members (excludes halogenated alkanes) is 1. The molecule has 2 aromatic rings. The number of pyridine rings is 1. The van der Waals surface area contributed by atoms with Gasteiger partial charge in [-0.3, -0.25) is 0 Å². The fourth-order valence-electron chi connectivity index (χ4n) is 1.91. The predicted molar refractivity (Wildman–Crippen MR) is 65.1 cm³/mol. The van der Waals surface area contributed by atoms with Crippen LogP contribution < -0.4 is 4.74 Å². The van der Waals surface area contributed by atoms with Crippen LogP contribution in [0.1, 0.15) is 35.8 Å². The maximum atomic E-state index is 11.3. The first kappa shape index (κ1) is 12.3. The van der Waals surface area contributed by atoms with Gasteiger partial charge in [0, 0.05) is 11.8 Å². The number of aromatic nitrogens is 3. The van der Waals surface area contributed by atoms with Crippen LogP contribution in [0.2, 0.25) is 0 Å². The standard InChI is InChI=1S/C12H15N3O3/c1-3-4-5-8-6-9(18-2)10(12(16)17)11-13-7-14-15(8)11/h6-7H,3-5H2,1-2H3,(H,16,17). The summed E-state index contributed by atoms with van der Waals surface area (Å²) in [5, 5.41) is 13.3. The van der Waals surface area contributed by atoms with Crippen molar-refractivity contribution >= 4 is 11.6 Å². The monoisotopic (exact) mass is 249 g/mol. The highest BCUT2D eigenvalue weighted by Gasteiger charge is 2.20. The van der Waals surface area contributed by atoms with Gasteiger partial charge < -0.3 is 9.84 Å². The van der Waals surface area contributed by atoms with Crippen molar-refractivity contribution in [3.8, 4) is 5.75 Å². The number of carboxylic acid groups (broad SMARTS) is 1. The maximum Gasteiger partial charge on any atom is 0.343 e. The minimum Gasteiger partial charge on any atom is -0.496 e. The number of carbonyl (C=O) groups is 1. The average molecular weight is 249 g/mol. The molecule has 6 heteroatoms. The van der Waals surface area contributed by atoms with Gasteiger partial charge in [-0.25, -0.2) is 14.3 Å². The van der Waals surface area contributed by atoms with E-state index in [9.17, 15) is 9.90 Å². The maximum absolute atomic E-state index is 11.3. The second kappa shape index (κ2) is 5.03. The first-order valence-corrected chi connectivity index (χ1v) is 5.82. The molecule has 0 atom stereocenters. The summed E-state index contributed by atoms with van der Waals surface area (Å²) >= 11 is 0. The van der Waals surface area contributed by atoms with E-state index in [1.165, 1.54) is 13.4 Å². The largest absolute Gasteiger partial charge is 0.496 e. The van der Waals surface area contributed by atoms with Gasteiger partial charge >= 0.3 is 5.97 Å². The van der Waals surface area contributed by atoms with E-state index in [1.807, 2.05) is 0 Å². The van der Waals surface area contributed by atoms with Crippen LogP contribution in [-0.2, 0) is 6.42 Å². The Hall–Kier alpha value is -2.11. The SMILES string of the molecule is CCCCc1cc(OC)c(C(=O)O)c2ncnn12. The van der Waals surface area contributed by atoms with E-state index >= 15 is 0 Å². The summed E-state index contributed by atoms with van der Waals surface area (Å²) in [6.07, 6.45) is 4.23. The van der Waals surface area contributed by atoms with Crippen molar-refractivity contribution in [3.05, 3.63) is 23.7 Å². The molecule has 2 aromatic heterocycles. The summed E-state index contributed by atoms with van der Waals surface area (Å²) in [6, 6.07) is 1.72. The van der Waals surface area contributed by atoms with Crippen LogP contribution in [-0.4, -0.2) is 32.8 Å². The number of hydrogen-bond acceptors (Lipinski definition) is 4. The minimum atomic E-state index is -1.06. The Bertz CT molecular complexity index is 577. The third-order valence-electron chi connectivity index (χ3n) is 2.81. The minimum absolute atomic E-state index is 0.0512. The van der Waals surface area contributed by atoms with E-state index in [-0.39, 0.29) is 5.56 Å². The Morgan fingerprint density at radius 2 is 2.33 bits per heavy atom. The number of nitrogens with zero attached hydrogens (tertiary/aromatic N) is 3. The van der Waals surface area contributed by atoms with Crippen LogP contribution in [0.3, 0.4) is 0 Å². The lowest BCUT2D eigenvalue weighted by atomic mass is 10.1.